The number of hydrogen-bond acceptors (Lipinski definition) is 4. The largest absolute Gasteiger partial charge is 0.508 e. The van der Waals surface area contributed by atoms with E-state index < -0.39 is 17.6 Å². The molecule has 0 aliphatic rings. The minimum absolute atomic E-state index is 0.111. The number of carboxylic acids is 1. The zero-order valence-electron chi connectivity index (χ0n) is 12.3. The van der Waals surface area contributed by atoms with Crippen LogP contribution in [0.25, 0.3) is 0 Å². The van der Waals surface area contributed by atoms with Crippen LogP contribution in [0.1, 0.15) is 32.3 Å². The monoisotopic (exact) mass is 294 g/mol. The molecule has 1 unspecified atom stereocenters. The van der Waals surface area contributed by atoms with Crippen molar-refractivity contribution in [3.05, 3.63) is 29.8 Å². The van der Waals surface area contributed by atoms with Gasteiger partial charge in [-0.25, -0.2) is 4.79 Å². The Labute approximate surface area is 124 Å². The van der Waals surface area contributed by atoms with Crippen LogP contribution in [-0.4, -0.2) is 33.7 Å². The Morgan fingerprint density at radius 2 is 1.86 bits per heavy atom. The summed E-state index contributed by atoms with van der Waals surface area (Å²) >= 11 is 0. The van der Waals surface area contributed by atoms with Gasteiger partial charge in [0.15, 0.2) is 0 Å². The number of rotatable bonds is 7. The average Bonchev–Trinajstić information content (AvgIpc) is 2.37. The molecule has 1 amide bonds. The van der Waals surface area contributed by atoms with Gasteiger partial charge in [-0.05, 0) is 38.0 Å². The molecular weight excluding hydrogens is 272 g/mol. The highest BCUT2D eigenvalue weighted by Crippen LogP contribution is 2.12. The number of aromatic hydroxyl groups is 1. The van der Waals surface area contributed by atoms with Gasteiger partial charge in [-0.3, -0.25) is 4.79 Å². The molecule has 0 aromatic heterocycles. The lowest BCUT2D eigenvalue weighted by Gasteiger charge is -2.19. The van der Waals surface area contributed by atoms with E-state index >= 15 is 0 Å². The van der Waals surface area contributed by atoms with Crippen molar-refractivity contribution in [2.75, 3.05) is 0 Å². The van der Waals surface area contributed by atoms with Crippen LogP contribution in [0.3, 0.4) is 0 Å². The van der Waals surface area contributed by atoms with E-state index in [2.05, 4.69) is 5.32 Å². The van der Waals surface area contributed by atoms with Crippen LogP contribution >= 0.6 is 0 Å². The third-order valence-corrected chi connectivity index (χ3v) is 3.01. The predicted molar refractivity (Wildman–Crippen MR) is 78.9 cm³/mol. The third kappa shape index (κ3) is 6.76. The van der Waals surface area contributed by atoms with Crippen LogP contribution in [0.4, 0.5) is 0 Å². The molecule has 0 radical (unpaired) electrons. The fourth-order valence-corrected chi connectivity index (χ4v) is 1.77. The molecule has 1 aromatic rings. The van der Waals surface area contributed by atoms with Gasteiger partial charge in [0.2, 0.25) is 5.91 Å². The number of aliphatic carboxylic acids is 1. The van der Waals surface area contributed by atoms with E-state index in [1.807, 2.05) is 13.8 Å². The lowest BCUT2D eigenvalue weighted by molar-refractivity contribution is -0.141. The fraction of sp³-hybridized carbons (Fsp3) is 0.467. The van der Waals surface area contributed by atoms with Gasteiger partial charge in [0, 0.05) is 18.4 Å². The lowest BCUT2D eigenvalue weighted by Crippen LogP contribution is -2.43. The summed E-state index contributed by atoms with van der Waals surface area (Å²) in [6.07, 6.45) is 0.820. The normalized spacial score (nSPS) is 12.7. The SMILES string of the molecule is CC(C)(N)CCC(=O)NC(Cc1ccc(O)cc1)C(=O)O. The van der Waals surface area contributed by atoms with Gasteiger partial charge in [0.1, 0.15) is 11.8 Å². The van der Waals surface area contributed by atoms with Gasteiger partial charge >= 0.3 is 5.97 Å². The summed E-state index contributed by atoms with van der Waals surface area (Å²) in [7, 11) is 0. The number of amides is 1. The van der Waals surface area contributed by atoms with E-state index in [4.69, 9.17) is 5.73 Å². The number of nitrogens with two attached hydrogens (primary N) is 1. The van der Waals surface area contributed by atoms with Crippen molar-refractivity contribution >= 4 is 11.9 Å². The van der Waals surface area contributed by atoms with Crippen molar-refractivity contribution < 1.29 is 19.8 Å². The summed E-state index contributed by atoms with van der Waals surface area (Å²) in [5, 5.41) is 20.9. The Balaban J connectivity index is 2.59. The first-order valence-corrected chi connectivity index (χ1v) is 6.76. The van der Waals surface area contributed by atoms with E-state index in [0.717, 1.165) is 5.56 Å². The number of benzene rings is 1. The maximum Gasteiger partial charge on any atom is 0.326 e. The Morgan fingerprint density at radius 1 is 1.29 bits per heavy atom. The lowest BCUT2D eigenvalue weighted by atomic mass is 9.99. The smallest absolute Gasteiger partial charge is 0.326 e. The van der Waals surface area contributed by atoms with Crippen LogP contribution in [0.2, 0.25) is 0 Å². The first-order chi connectivity index (χ1) is 9.67. The highest BCUT2D eigenvalue weighted by molar-refractivity contribution is 5.83. The molecular formula is C15H22N2O4. The molecule has 1 atom stereocenters. The molecule has 0 saturated carbocycles. The van der Waals surface area contributed by atoms with Gasteiger partial charge in [-0.2, -0.15) is 0 Å². The molecule has 6 heteroatoms. The molecule has 6 nitrogen and oxygen atoms in total. The second kappa shape index (κ2) is 7.08. The Kier molecular flexibility index (Phi) is 5.72. The number of phenolic OH excluding ortho intramolecular Hbond substituents is 1. The quantitative estimate of drug-likeness (QED) is 0.600. The molecule has 116 valence electrons. The molecule has 0 bridgehead atoms. The highest BCUT2D eigenvalue weighted by Gasteiger charge is 2.21. The maximum atomic E-state index is 11.8. The molecule has 21 heavy (non-hydrogen) atoms. The van der Waals surface area contributed by atoms with Gasteiger partial charge in [-0.1, -0.05) is 12.1 Å². The first kappa shape index (κ1) is 17.0. The average molecular weight is 294 g/mol. The highest BCUT2D eigenvalue weighted by atomic mass is 16.4. The van der Waals surface area contributed by atoms with Crippen molar-refractivity contribution in [1.82, 2.24) is 5.32 Å². The third-order valence-electron chi connectivity index (χ3n) is 3.01. The molecule has 0 heterocycles. The van der Waals surface area contributed by atoms with Gasteiger partial charge in [0.05, 0.1) is 0 Å². The van der Waals surface area contributed by atoms with Crippen molar-refractivity contribution in [1.29, 1.82) is 0 Å². The second-order valence-electron chi connectivity index (χ2n) is 5.82. The van der Waals surface area contributed by atoms with Crippen molar-refractivity contribution in [3.63, 3.8) is 0 Å². The standard InChI is InChI=1S/C15H22N2O4/c1-15(2,16)8-7-13(19)17-12(14(20)21)9-10-3-5-11(18)6-4-10/h3-6,12,18H,7-9,16H2,1-2H3,(H,17,19)(H,20,21). The van der Waals surface area contributed by atoms with E-state index in [0.29, 0.717) is 6.42 Å². The molecule has 0 aliphatic carbocycles. The minimum Gasteiger partial charge on any atom is -0.508 e. The van der Waals surface area contributed by atoms with E-state index in [1.54, 1.807) is 12.1 Å². The number of nitrogens with one attached hydrogen (secondary N) is 1. The van der Waals surface area contributed by atoms with Crippen LogP contribution < -0.4 is 11.1 Å². The summed E-state index contributed by atoms with van der Waals surface area (Å²) in [4.78, 5) is 23.0. The zero-order valence-corrected chi connectivity index (χ0v) is 12.3. The van der Waals surface area contributed by atoms with Gasteiger partial charge < -0.3 is 21.3 Å². The fourth-order valence-electron chi connectivity index (χ4n) is 1.77. The summed E-state index contributed by atoms with van der Waals surface area (Å²) in [5.41, 5.74) is 6.05. The number of phenols is 1. The van der Waals surface area contributed by atoms with E-state index in [1.165, 1.54) is 12.1 Å². The van der Waals surface area contributed by atoms with E-state index in [9.17, 15) is 19.8 Å². The predicted octanol–water partition coefficient (Wildman–Crippen LogP) is 1.02. The van der Waals surface area contributed by atoms with Crippen LogP contribution in [0.15, 0.2) is 24.3 Å². The summed E-state index contributed by atoms with van der Waals surface area (Å²) < 4.78 is 0. The molecule has 5 N–H and O–H groups in total. The second-order valence-corrected chi connectivity index (χ2v) is 5.82. The zero-order chi connectivity index (χ0) is 16.0. The number of hydrogen-bond donors (Lipinski definition) is 4. The Morgan fingerprint density at radius 3 is 2.33 bits per heavy atom. The van der Waals surface area contributed by atoms with Crippen LogP contribution in [0, 0.1) is 0 Å². The van der Waals surface area contributed by atoms with Gasteiger partial charge in [-0.15, -0.1) is 0 Å². The van der Waals surface area contributed by atoms with E-state index in [-0.39, 0.29) is 24.5 Å². The Hall–Kier alpha value is -2.08. The molecule has 0 saturated heterocycles. The van der Waals surface area contributed by atoms with Crippen LogP contribution in [0.5, 0.6) is 5.75 Å². The summed E-state index contributed by atoms with van der Waals surface area (Å²) in [6.45, 7) is 3.62. The summed E-state index contributed by atoms with van der Waals surface area (Å²) in [5.74, 6) is -1.32. The number of carboxylic acid groups (broad SMARTS) is 1. The van der Waals surface area contributed by atoms with Crippen molar-refractivity contribution in [3.8, 4) is 5.75 Å². The van der Waals surface area contributed by atoms with Crippen molar-refractivity contribution in [2.24, 2.45) is 5.73 Å². The van der Waals surface area contributed by atoms with Crippen LogP contribution in [-0.2, 0) is 16.0 Å². The van der Waals surface area contributed by atoms with Gasteiger partial charge in [0.25, 0.3) is 0 Å². The Bertz CT molecular complexity index is 491. The number of carbonyl (C=O) groups excluding carboxylic acids is 1. The number of carbonyl (C=O) groups is 2. The molecule has 1 aromatic carbocycles. The molecule has 0 aliphatic heterocycles. The molecule has 0 spiro atoms. The topological polar surface area (TPSA) is 113 Å². The minimum atomic E-state index is -1.09. The molecule has 0 fully saturated rings. The summed E-state index contributed by atoms with van der Waals surface area (Å²) in [6, 6.07) is 5.21. The maximum absolute atomic E-state index is 11.8. The molecule has 1 rings (SSSR count). The van der Waals surface area contributed by atoms with Crippen molar-refractivity contribution in [2.45, 2.75) is 44.7 Å². The first-order valence-electron chi connectivity index (χ1n) is 6.76.